The zero-order chi connectivity index (χ0) is 9.94. The molecule has 0 unspecified atom stereocenters. The molecule has 0 spiro atoms. The van der Waals surface area contributed by atoms with Gasteiger partial charge in [0.1, 0.15) is 0 Å². The molecule has 0 amide bonds. The Kier molecular flexibility index (Phi) is 9.10. The molecule has 0 bridgehead atoms. The van der Waals surface area contributed by atoms with Crippen LogP contribution < -0.4 is 0 Å². The zero-order valence-corrected chi connectivity index (χ0v) is 8.51. The first-order valence-corrected chi connectivity index (χ1v) is 5.20. The predicted molar refractivity (Wildman–Crippen MR) is 54.1 cm³/mol. The highest BCUT2D eigenvalue weighted by atomic mass is 17.1. The topological polar surface area (TPSA) is 53.3 Å². The molecule has 0 aliphatic carbocycles. The summed E-state index contributed by atoms with van der Waals surface area (Å²) in [5, 5.41) is 15.1. The largest absolute Gasteiger partial charge is 0.325 e. The third-order valence-electron chi connectivity index (χ3n) is 2.12. The average molecular weight is 187 g/mol. The maximum absolute atomic E-state index is 8.08. The Balaban J connectivity index is 2.95. The summed E-state index contributed by atoms with van der Waals surface area (Å²) >= 11 is 0. The standard InChI is InChI=1S/C10H21NO2/c1-2-3-4-5-6-7-8-9-10(11)13-12/h11-12H,2-9H2,1H3. The molecule has 0 radical (unpaired) electrons. The van der Waals surface area contributed by atoms with Crippen molar-refractivity contribution in [1.29, 1.82) is 5.41 Å². The molecule has 78 valence electrons. The fraction of sp³-hybridized carbons (Fsp3) is 0.900. The van der Waals surface area contributed by atoms with Gasteiger partial charge >= 0.3 is 0 Å². The van der Waals surface area contributed by atoms with Crippen LogP contribution in [-0.4, -0.2) is 11.2 Å². The highest BCUT2D eigenvalue weighted by molar-refractivity contribution is 5.71. The van der Waals surface area contributed by atoms with E-state index in [1.165, 1.54) is 32.1 Å². The second kappa shape index (κ2) is 9.52. The number of unbranched alkanes of at least 4 members (excludes halogenated alkanes) is 6. The van der Waals surface area contributed by atoms with E-state index in [1.54, 1.807) is 0 Å². The van der Waals surface area contributed by atoms with E-state index in [9.17, 15) is 0 Å². The fourth-order valence-corrected chi connectivity index (χ4v) is 1.29. The summed E-state index contributed by atoms with van der Waals surface area (Å²) in [6.07, 6.45) is 9.11. The van der Waals surface area contributed by atoms with Crippen LogP contribution in [0.4, 0.5) is 0 Å². The molecule has 0 aromatic heterocycles. The first kappa shape index (κ1) is 12.4. The maximum Gasteiger partial charge on any atom is 0.224 e. The summed E-state index contributed by atoms with van der Waals surface area (Å²) in [5.41, 5.74) is 0. The van der Waals surface area contributed by atoms with Crippen LogP contribution in [-0.2, 0) is 4.89 Å². The minimum Gasteiger partial charge on any atom is -0.325 e. The van der Waals surface area contributed by atoms with E-state index in [4.69, 9.17) is 10.7 Å². The first-order chi connectivity index (χ1) is 6.31. The maximum atomic E-state index is 8.08. The van der Waals surface area contributed by atoms with Crippen molar-refractivity contribution < 1.29 is 10.1 Å². The highest BCUT2D eigenvalue weighted by Gasteiger charge is 1.96. The molecular formula is C10H21NO2. The molecule has 2 N–H and O–H groups in total. The Bertz CT molecular complexity index is 126. The molecule has 3 heteroatoms. The van der Waals surface area contributed by atoms with Crippen molar-refractivity contribution in [2.75, 3.05) is 0 Å². The summed E-state index contributed by atoms with van der Waals surface area (Å²) in [4.78, 5) is 3.78. The van der Waals surface area contributed by atoms with Crippen molar-refractivity contribution in [3.63, 3.8) is 0 Å². The lowest BCUT2D eigenvalue weighted by Gasteiger charge is -2.00. The predicted octanol–water partition coefficient (Wildman–Crippen LogP) is 3.59. The van der Waals surface area contributed by atoms with Gasteiger partial charge in [0.15, 0.2) is 0 Å². The van der Waals surface area contributed by atoms with Crippen molar-refractivity contribution in [3.05, 3.63) is 0 Å². The quantitative estimate of drug-likeness (QED) is 0.200. The van der Waals surface area contributed by atoms with E-state index >= 15 is 0 Å². The summed E-state index contributed by atoms with van der Waals surface area (Å²) in [6.45, 7) is 2.21. The molecule has 0 atom stereocenters. The lowest BCUT2D eigenvalue weighted by molar-refractivity contribution is -0.158. The molecule has 0 heterocycles. The molecule has 0 aromatic rings. The average Bonchev–Trinajstić information content (AvgIpc) is 2.16. The summed E-state index contributed by atoms with van der Waals surface area (Å²) in [7, 11) is 0. The number of hydrogen-bond acceptors (Lipinski definition) is 3. The zero-order valence-electron chi connectivity index (χ0n) is 8.51. The summed E-state index contributed by atoms with van der Waals surface area (Å²) in [6, 6.07) is 0. The van der Waals surface area contributed by atoms with Crippen molar-refractivity contribution in [2.24, 2.45) is 0 Å². The summed E-state index contributed by atoms with van der Waals surface area (Å²) < 4.78 is 0. The van der Waals surface area contributed by atoms with Crippen LogP contribution >= 0.6 is 0 Å². The van der Waals surface area contributed by atoms with E-state index in [2.05, 4.69) is 11.8 Å². The fourth-order valence-electron chi connectivity index (χ4n) is 1.29. The van der Waals surface area contributed by atoms with E-state index in [0.717, 1.165) is 12.8 Å². The number of hydrogen-bond donors (Lipinski definition) is 2. The lowest BCUT2D eigenvalue weighted by Crippen LogP contribution is -1.98. The van der Waals surface area contributed by atoms with Gasteiger partial charge in [0, 0.05) is 6.42 Å². The van der Waals surface area contributed by atoms with Gasteiger partial charge in [-0.25, -0.2) is 5.26 Å². The van der Waals surface area contributed by atoms with Gasteiger partial charge in [-0.15, -0.1) is 0 Å². The van der Waals surface area contributed by atoms with E-state index in [0.29, 0.717) is 6.42 Å². The second-order valence-corrected chi connectivity index (χ2v) is 3.39. The molecular weight excluding hydrogens is 166 g/mol. The van der Waals surface area contributed by atoms with Crippen molar-refractivity contribution in [3.8, 4) is 0 Å². The van der Waals surface area contributed by atoms with Crippen molar-refractivity contribution in [2.45, 2.75) is 58.3 Å². The molecule has 0 aliphatic rings. The normalized spacial score (nSPS) is 10.0. The van der Waals surface area contributed by atoms with Crippen LogP contribution in [0.2, 0.25) is 0 Å². The number of rotatable bonds is 8. The van der Waals surface area contributed by atoms with Gasteiger partial charge in [0.25, 0.3) is 0 Å². The molecule has 0 fully saturated rings. The molecule has 0 saturated heterocycles. The van der Waals surface area contributed by atoms with Crippen LogP contribution in [0, 0.1) is 5.41 Å². The van der Waals surface area contributed by atoms with E-state index < -0.39 is 0 Å². The Morgan fingerprint density at radius 1 is 1.08 bits per heavy atom. The second-order valence-electron chi connectivity index (χ2n) is 3.39. The first-order valence-electron chi connectivity index (χ1n) is 5.20. The Labute approximate surface area is 80.5 Å². The third-order valence-corrected chi connectivity index (χ3v) is 2.12. The molecule has 0 aliphatic heterocycles. The van der Waals surface area contributed by atoms with E-state index in [1.807, 2.05) is 0 Å². The Morgan fingerprint density at radius 3 is 2.15 bits per heavy atom. The van der Waals surface area contributed by atoms with Gasteiger partial charge < -0.3 is 4.89 Å². The van der Waals surface area contributed by atoms with E-state index in [-0.39, 0.29) is 5.90 Å². The molecule has 0 aromatic carbocycles. The number of nitrogens with one attached hydrogen (secondary N) is 1. The van der Waals surface area contributed by atoms with Crippen LogP contribution in [0.5, 0.6) is 0 Å². The highest BCUT2D eigenvalue weighted by Crippen LogP contribution is 2.08. The van der Waals surface area contributed by atoms with Crippen molar-refractivity contribution in [1.82, 2.24) is 0 Å². The molecule has 13 heavy (non-hydrogen) atoms. The van der Waals surface area contributed by atoms with Crippen molar-refractivity contribution >= 4 is 5.90 Å². The summed E-state index contributed by atoms with van der Waals surface area (Å²) in [5.74, 6) is -0.0199. The third kappa shape index (κ3) is 9.34. The SMILES string of the molecule is CCCCCCCCCC(=N)OO. The smallest absolute Gasteiger partial charge is 0.224 e. The van der Waals surface area contributed by atoms with Gasteiger partial charge in [-0.1, -0.05) is 45.4 Å². The van der Waals surface area contributed by atoms with Crippen LogP contribution in [0.1, 0.15) is 58.3 Å². The van der Waals surface area contributed by atoms with Crippen LogP contribution in [0.3, 0.4) is 0 Å². The Hall–Kier alpha value is -0.570. The van der Waals surface area contributed by atoms with Crippen LogP contribution in [0.25, 0.3) is 0 Å². The molecule has 0 rings (SSSR count). The van der Waals surface area contributed by atoms with Gasteiger partial charge in [0.05, 0.1) is 0 Å². The van der Waals surface area contributed by atoms with Gasteiger partial charge in [-0.3, -0.25) is 5.41 Å². The molecule has 0 saturated carbocycles. The minimum atomic E-state index is -0.0199. The van der Waals surface area contributed by atoms with Gasteiger partial charge in [-0.05, 0) is 6.42 Å². The monoisotopic (exact) mass is 187 g/mol. The van der Waals surface area contributed by atoms with Crippen LogP contribution in [0.15, 0.2) is 0 Å². The van der Waals surface area contributed by atoms with Gasteiger partial charge in [-0.2, -0.15) is 0 Å². The minimum absolute atomic E-state index is 0.0199. The Morgan fingerprint density at radius 2 is 1.62 bits per heavy atom. The molecule has 3 nitrogen and oxygen atoms in total. The van der Waals surface area contributed by atoms with Gasteiger partial charge in [0.2, 0.25) is 5.90 Å². The lowest BCUT2D eigenvalue weighted by atomic mass is 10.1.